The predicted molar refractivity (Wildman–Crippen MR) is 57.0 cm³/mol. The third-order valence-corrected chi connectivity index (χ3v) is 2.32. The fraction of sp³-hybridized carbons (Fsp3) is 0.286. The van der Waals surface area contributed by atoms with Gasteiger partial charge in [-0.15, -0.1) is 0 Å². The summed E-state index contributed by atoms with van der Waals surface area (Å²) in [4.78, 5) is 15.4. The molecule has 1 heterocycles. The van der Waals surface area contributed by atoms with Crippen molar-refractivity contribution in [2.45, 2.75) is 18.5 Å². The highest BCUT2D eigenvalue weighted by Crippen LogP contribution is 2.12. The number of hydrogen-bond acceptors (Lipinski definition) is 4. The molecule has 7 heteroatoms. The fourth-order valence-corrected chi connectivity index (χ4v) is 1.70. The monoisotopic (exact) mass is 232 g/mol. The van der Waals surface area contributed by atoms with Crippen molar-refractivity contribution in [2.75, 3.05) is 0 Å². The van der Waals surface area contributed by atoms with Gasteiger partial charge in [0.2, 0.25) is 0 Å². The molecule has 76 valence electrons. The van der Waals surface area contributed by atoms with Crippen LogP contribution >= 0.6 is 23.4 Å². The summed E-state index contributed by atoms with van der Waals surface area (Å²) in [7, 11) is 0. The minimum Gasteiger partial charge on any atom is -0.378 e. The third kappa shape index (κ3) is 2.49. The Balaban J connectivity index is 3.22. The Bertz CT molecular complexity index is 417. The molecule has 0 bridgehead atoms. The Morgan fingerprint density at radius 2 is 2.50 bits per heavy atom. The number of aryl methyl sites for hydroxylation is 1. The van der Waals surface area contributed by atoms with E-state index < -0.39 is 0 Å². The molecule has 14 heavy (non-hydrogen) atoms. The van der Waals surface area contributed by atoms with Gasteiger partial charge in [0, 0.05) is 12.7 Å². The van der Waals surface area contributed by atoms with Crippen molar-refractivity contribution in [1.82, 2.24) is 9.55 Å². The largest absolute Gasteiger partial charge is 0.378 e. The zero-order valence-corrected chi connectivity index (χ0v) is 9.02. The van der Waals surface area contributed by atoms with Crippen LogP contribution in [0.4, 0.5) is 0 Å². The van der Waals surface area contributed by atoms with Gasteiger partial charge < -0.3 is 10.3 Å². The Kier molecular flexibility index (Phi) is 3.54. The summed E-state index contributed by atoms with van der Waals surface area (Å²) in [5.41, 5.74) is 4.87. The lowest BCUT2D eigenvalue weighted by molar-refractivity contribution is 0.693. The van der Waals surface area contributed by atoms with Crippen LogP contribution in [0.5, 0.6) is 0 Å². The number of thioether (sulfide) groups is 1. The molecule has 0 aliphatic carbocycles. The summed E-state index contributed by atoms with van der Waals surface area (Å²) < 4.78 is 1.42. The molecule has 1 aromatic rings. The van der Waals surface area contributed by atoms with Crippen molar-refractivity contribution in [3.05, 3.63) is 21.7 Å². The second-order valence-electron chi connectivity index (χ2n) is 2.43. The Hall–Kier alpha value is -1.01. The molecule has 0 aliphatic rings. The molecule has 0 fully saturated rings. The first-order valence-corrected chi connectivity index (χ1v) is 5.03. The molecule has 1 rings (SSSR count). The van der Waals surface area contributed by atoms with Crippen molar-refractivity contribution >= 4 is 28.5 Å². The van der Waals surface area contributed by atoms with E-state index in [-0.39, 0.29) is 20.9 Å². The summed E-state index contributed by atoms with van der Waals surface area (Å²) >= 11 is 6.49. The van der Waals surface area contributed by atoms with Gasteiger partial charge in [-0.3, -0.25) is 10.2 Å². The van der Waals surface area contributed by atoms with Gasteiger partial charge in [0.25, 0.3) is 5.56 Å². The molecule has 0 aromatic carbocycles. The summed E-state index contributed by atoms with van der Waals surface area (Å²) in [6, 6.07) is 0. The first-order chi connectivity index (χ1) is 6.54. The van der Waals surface area contributed by atoms with Crippen molar-refractivity contribution in [3.63, 3.8) is 0 Å². The zero-order chi connectivity index (χ0) is 10.7. The number of nitrogens with one attached hydrogen (secondary N) is 1. The van der Waals surface area contributed by atoms with E-state index in [1.165, 1.54) is 10.8 Å². The van der Waals surface area contributed by atoms with Gasteiger partial charge in [-0.05, 0) is 18.7 Å². The van der Waals surface area contributed by atoms with Crippen LogP contribution in [0, 0.1) is 5.41 Å². The molecule has 0 unspecified atom stereocenters. The van der Waals surface area contributed by atoms with Crippen LogP contribution in [0.1, 0.15) is 6.92 Å². The lowest BCUT2D eigenvalue weighted by Crippen LogP contribution is -2.23. The lowest BCUT2D eigenvalue weighted by Gasteiger charge is -2.04. The van der Waals surface area contributed by atoms with Crippen molar-refractivity contribution in [1.29, 1.82) is 5.41 Å². The second kappa shape index (κ2) is 4.47. The van der Waals surface area contributed by atoms with Crippen LogP contribution in [0.3, 0.4) is 0 Å². The van der Waals surface area contributed by atoms with E-state index in [1.807, 2.05) is 6.92 Å². The average Bonchev–Trinajstić information content (AvgIpc) is 2.09. The summed E-state index contributed by atoms with van der Waals surface area (Å²) in [5.74, 6) is 0. The predicted octanol–water partition coefficient (Wildman–Crippen LogP) is 0.902. The quantitative estimate of drug-likeness (QED) is 0.451. The third-order valence-electron chi connectivity index (χ3n) is 1.46. The van der Waals surface area contributed by atoms with Gasteiger partial charge in [-0.2, -0.15) is 0 Å². The first-order valence-electron chi connectivity index (χ1n) is 3.83. The maximum Gasteiger partial charge on any atom is 0.283 e. The molecule has 5 nitrogen and oxygen atoms in total. The maximum absolute atomic E-state index is 11.6. The standard InChI is InChI=1S/C7H9ClN4OS/c1-2-12-3-4(8)11-5(6(12)13)14-7(9)10/h3H,2H2,1H3,(H3,9,10). The number of amidine groups is 1. The van der Waals surface area contributed by atoms with E-state index in [0.717, 1.165) is 11.8 Å². The average molecular weight is 233 g/mol. The highest BCUT2D eigenvalue weighted by Gasteiger charge is 2.08. The van der Waals surface area contributed by atoms with Crippen LogP contribution in [0.15, 0.2) is 16.0 Å². The van der Waals surface area contributed by atoms with Gasteiger partial charge >= 0.3 is 0 Å². The topological polar surface area (TPSA) is 84.8 Å². The van der Waals surface area contributed by atoms with Crippen LogP contribution in [0.2, 0.25) is 5.15 Å². The first kappa shape index (κ1) is 11.1. The minimum absolute atomic E-state index is 0.131. The molecule has 1 aromatic heterocycles. The smallest absolute Gasteiger partial charge is 0.283 e. The molecular weight excluding hydrogens is 224 g/mol. The van der Waals surface area contributed by atoms with Crippen LogP contribution in [-0.2, 0) is 6.54 Å². The molecular formula is C7H9ClN4OS. The number of halogens is 1. The molecule has 0 spiro atoms. The Morgan fingerprint density at radius 3 is 3.00 bits per heavy atom. The number of hydrogen-bond donors (Lipinski definition) is 2. The van der Waals surface area contributed by atoms with Gasteiger partial charge in [0.15, 0.2) is 10.2 Å². The molecule has 3 N–H and O–H groups in total. The van der Waals surface area contributed by atoms with E-state index >= 15 is 0 Å². The molecule has 0 saturated heterocycles. The Labute approximate surface area is 89.8 Å². The number of rotatable bonds is 2. The molecule has 0 aliphatic heterocycles. The number of aromatic nitrogens is 2. The normalized spacial score (nSPS) is 10.1. The van der Waals surface area contributed by atoms with E-state index in [9.17, 15) is 4.79 Å². The summed E-state index contributed by atoms with van der Waals surface area (Å²) in [5, 5.41) is 7.20. The number of nitrogens with two attached hydrogens (primary N) is 1. The Morgan fingerprint density at radius 1 is 1.86 bits per heavy atom. The van der Waals surface area contributed by atoms with Gasteiger partial charge in [0.1, 0.15) is 5.15 Å². The highest BCUT2D eigenvalue weighted by molar-refractivity contribution is 8.13. The molecule has 0 saturated carbocycles. The summed E-state index contributed by atoms with van der Waals surface area (Å²) in [6.45, 7) is 2.33. The molecule has 0 atom stereocenters. The van der Waals surface area contributed by atoms with E-state index in [2.05, 4.69) is 4.98 Å². The van der Waals surface area contributed by atoms with Crippen LogP contribution in [-0.4, -0.2) is 14.7 Å². The van der Waals surface area contributed by atoms with Crippen LogP contribution < -0.4 is 11.3 Å². The molecule has 0 amide bonds. The minimum atomic E-state index is -0.280. The van der Waals surface area contributed by atoms with Crippen molar-refractivity contribution in [3.8, 4) is 0 Å². The maximum atomic E-state index is 11.6. The highest BCUT2D eigenvalue weighted by atomic mass is 35.5. The lowest BCUT2D eigenvalue weighted by atomic mass is 10.6. The summed E-state index contributed by atoms with van der Waals surface area (Å²) in [6.07, 6.45) is 1.45. The van der Waals surface area contributed by atoms with Crippen molar-refractivity contribution < 1.29 is 0 Å². The zero-order valence-electron chi connectivity index (χ0n) is 7.45. The van der Waals surface area contributed by atoms with Crippen LogP contribution in [0.25, 0.3) is 0 Å². The SMILES string of the molecule is CCn1cc(Cl)nc(SC(=N)N)c1=O. The van der Waals surface area contributed by atoms with E-state index in [1.54, 1.807) is 0 Å². The van der Waals surface area contributed by atoms with Gasteiger partial charge in [-0.25, -0.2) is 4.98 Å². The fourth-order valence-electron chi connectivity index (χ4n) is 0.889. The van der Waals surface area contributed by atoms with Gasteiger partial charge in [-0.1, -0.05) is 11.6 Å². The number of nitrogens with zero attached hydrogens (tertiary/aromatic N) is 2. The molecule has 0 radical (unpaired) electrons. The van der Waals surface area contributed by atoms with Crippen molar-refractivity contribution in [2.24, 2.45) is 5.73 Å². The van der Waals surface area contributed by atoms with E-state index in [0.29, 0.717) is 6.54 Å². The second-order valence-corrected chi connectivity index (χ2v) is 3.84. The van der Waals surface area contributed by atoms with E-state index in [4.69, 9.17) is 22.7 Å². The van der Waals surface area contributed by atoms with Gasteiger partial charge in [0.05, 0.1) is 0 Å².